The van der Waals surface area contributed by atoms with Crippen molar-refractivity contribution in [3.8, 4) is 0 Å². The molecule has 19 heavy (non-hydrogen) atoms. The Bertz CT molecular complexity index is 413. The standard InChI is InChI=1S/C16H24N2O/c1-17-16-14-6-3-2-5-13(14)7-8-15(16)18-9-4-11-19-12-10-18/h2-3,5-6,15-17H,4,7-12H2,1H3. The van der Waals surface area contributed by atoms with Gasteiger partial charge in [0.15, 0.2) is 0 Å². The van der Waals surface area contributed by atoms with Gasteiger partial charge in [0, 0.05) is 31.8 Å². The van der Waals surface area contributed by atoms with Gasteiger partial charge in [-0.3, -0.25) is 4.90 Å². The molecule has 1 saturated heterocycles. The molecule has 1 aromatic carbocycles. The van der Waals surface area contributed by atoms with Crippen LogP contribution in [-0.4, -0.2) is 44.3 Å². The molecule has 2 atom stereocenters. The summed E-state index contributed by atoms with van der Waals surface area (Å²) in [7, 11) is 2.09. The number of nitrogens with one attached hydrogen (secondary N) is 1. The fraction of sp³-hybridized carbons (Fsp3) is 0.625. The number of benzene rings is 1. The van der Waals surface area contributed by atoms with Crippen LogP contribution in [-0.2, 0) is 11.2 Å². The summed E-state index contributed by atoms with van der Waals surface area (Å²) >= 11 is 0. The summed E-state index contributed by atoms with van der Waals surface area (Å²) in [5.41, 5.74) is 3.01. The molecule has 0 saturated carbocycles. The van der Waals surface area contributed by atoms with Gasteiger partial charge >= 0.3 is 0 Å². The number of likely N-dealkylation sites (N-methyl/N-ethyl adjacent to an activating group) is 1. The first-order chi connectivity index (χ1) is 9.40. The highest BCUT2D eigenvalue weighted by molar-refractivity contribution is 5.34. The molecular weight excluding hydrogens is 236 g/mol. The van der Waals surface area contributed by atoms with Gasteiger partial charge in [-0.25, -0.2) is 0 Å². The highest BCUT2D eigenvalue weighted by atomic mass is 16.5. The van der Waals surface area contributed by atoms with Crippen molar-refractivity contribution in [1.82, 2.24) is 10.2 Å². The van der Waals surface area contributed by atoms with Crippen molar-refractivity contribution in [2.24, 2.45) is 0 Å². The summed E-state index contributed by atoms with van der Waals surface area (Å²) in [5.74, 6) is 0. The zero-order valence-corrected chi connectivity index (χ0v) is 11.8. The molecule has 2 unspecified atom stereocenters. The van der Waals surface area contributed by atoms with Gasteiger partial charge in [0.2, 0.25) is 0 Å². The fourth-order valence-corrected chi connectivity index (χ4v) is 3.58. The van der Waals surface area contributed by atoms with E-state index in [1.807, 2.05) is 0 Å². The minimum atomic E-state index is 0.461. The van der Waals surface area contributed by atoms with E-state index in [0.29, 0.717) is 12.1 Å². The molecule has 0 radical (unpaired) electrons. The normalized spacial score (nSPS) is 28.7. The average molecular weight is 260 g/mol. The number of hydrogen-bond acceptors (Lipinski definition) is 3. The number of fused-ring (bicyclic) bond motifs is 1. The van der Waals surface area contributed by atoms with Crippen LogP contribution >= 0.6 is 0 Å². The first-order valence-corrected chi connectivity index (χ1v) is 7.47. The van der Waals surface area contributed by atoms with Crippen molar-refractivity contribution in [3.63, 3.8) is 0 Å². The Hall–Kier alpha value is -0.900. The zero-order valence-electron chi connectivity index (χ0n) is 11.8. The van der Waals surface area contributed by atoms with E-state index >= 15 is 0 Å². The molecule has 3 rings (SSSR count). The first kappa shape index (κ1) is 13.1. The smallest absolute Gasteiger partial charge is 0.0593 e. The molecule has 0 bridgehead atoms. The maximum atomic E-state index is 5.59. The van der Waals surface area contributed by atoms with E-state index in [0.717, 1.165) is 26.2 Å². The van der Waals surface area contributed by atoms with E-state index in [1.54, 1.807) is 0 Å². The van der Waals surface area contributed by atoms with Gasteiger partial charge in [-0.2, -0.15) is 0 Å². The van der Waals surface area contributed by atoms with Crippen LogP contribution < -0.4 is 5.32 Å². The maximum Gasteiger partial charge on any atom is 0.0593 e. The Balaban J connectivity index is 1.82. The van der Waals surface area contributed by atoms with Gasteiger partial charge in [-0.05, 0) is 37.4 Å². The number of aryl methyl sites for hydroxylation is 1. The summed E-state index contributed by atoms with van der Waals surface area (Å²) in [6.45, 7) is 4.05. The van der Waals surface area contributed by atoms with Crippen LogP contribution in [0.2, 0.25) is 0 Å². The average Bonchev–Trinajstić information content (AvgIpc) is 2.75. The van der Waals surface area contributed by atoms with E-state index in [4.69, 9.17) is 4.74 Å². The molecule has 3 nitrogen and oxygen atoms in total. The van der Waals surface area contributed by atoms with Crippen molar-refractivity contribution >= 4 is 0 Å². The fourth-order valence-electron chi connectivity index (χ4n) is 3.58. The minimum Gasteiger partial charge on any atom is -0.380 e. The van der Waals surface area contributed by atoms with E-state index in [2.05, 4.69) is 41.5 Å². The molecule has 1 aromatic rings. The predicted molar refractivity (Wildman–Crippen MR) is 77.4 cm³/mol. The maximum absolute atomic E-state index is 5.59. The molecular formula is C16H24N2O. The topological polar surface area (TPSA) is 24.5 Å². The Kier molecular flexibility index (Phi) is 4.16. The van der Waals surface area contributed by atoms with Gasteiger partial charge < -0.3 is 10.1 Å². The second-order valence-electron chi connectivity index (χ2n) is 5.57. The van der Waals surface area contributed by atoms with Crippen molar-refractivity contribution in [1.29, 1.82) is 0 Å². The Morgan fingerprint density at radius 1 is 1.21 bits per heavy atom. The van der Waals surface area contributed by atoms with Crippen LogP contribution in [0.3, 0.4) is 0 Å². The van der Waals surface area contributed by atoms with Gasteiger partial charge in [0.1, 0.15) is 0 Å². The third-order valence-electron chi connectivity index (χ3n) is 4.52. The molecule has 1 heterocycles. The third kappa shape index (κ3) is 2.69. The van der Waals surface area contributed by atoms with Gasteiger partial charge in [-0.1, -0.05) is 24.3 Å². The number of ether oxygens (including phenoxy) is 1. The number of nitrogens with zero attached hydrogens (tertiary/aromatic N) is 1. The Labute approximate surface area is 115 Å². The molecule has 3 heteroatoms. The minimum absolute atomic E-state index is 0.461. The van der Waals surface area contributed by atoms with Crippen molar-refractivity contribution in [3.05, 3.63) is 35.4 Å². The largest absolute Gasteiger partial charge is 0.380 e. The molecule has 104 valence electrons. The summed E-state index contributed by atoms with van der Waals surface area (Å²) in [5, 5.41) is 3.55. The van der Waals surface area contributed by atoms with Crippen LogP contribution in [0.15, 0.2) is 24.3 Å². The van der Waals surface area contributed by atoms with Crippen molar-refractivity contribution < 1.29 is 4.74 Å². The van der Waals surface area contributed by atoms with Crippen molar-refractivity contribution in [2.75, 3.05) is 33.4 Å². The second-order valence-corrected chi connectivity index (χ2v) is 5.57. The molecule has 1 fully saturated rings. The molecule has 2 aliphatic rings. The lowest BCUT2D eigenvalue weighted by Crippen LogP contribution is -2.47. The third-order valence-corrected chi connectivity index (χ3v) is 4.52. The highest BCUT2D eigenvalue weighted by Gasteiger charge is 2.32. The van der Waals surface area contributed by atoms with Gasteiger partial charge in [-0.15, -0.1) is 0 Å². The first-order valence-electron chi connectivity index (χ1n) is 7.47. The van der Waals surface area contributed by atoms with E-state index in [-0.39, 0.29) is 0 Å². The molecule has 0 amide bonds. The lowest BCUT2D eigenvalue weighted by atomic mass is 9.83. The van der Waals surface area contributed by atoms with Crippen LogP contribution in [0.5, 0.6) is 0 Å². The van der Waals surface area contributed by atoms with Crippen molar-refractivity contribution in [2.45, 2.75) is 31.3 Å². The second kappa shape index (κ2) is 6.04. The summed E-state index contributed by atoms with van der Waals surface area (Å²) in [6, 6.07) is 9.96. The molecule has 1 N–H and O–H groups in total. The lowest BCUT2D eigenvalue weighted by molar-refractivity contribution is 0.115. The predicted octanol–water partition coefficient (Wildman–Crippen LogP) is 1.98. The summed E-state index contributed by atoms with van der Waals surface area (Å²) in [6.07, 6.45) is 3.62. The molecule has 0 aromatic heterocycles. The van der Waals surface area contributed by atoms with Gasteiger partial charge in [0.05, 0.1) is 6.61 Å². The molecule has 1 aliphatic heterocycles. The molecule has 0 spiro atoms. The summed E-state index contributed by atoms with van der Waals surface area (Å²) in [4.78, 5) is 2.63. The van der Waals surface area contributed by atoms with E-state index in [9.17, 15) is 0 Å². The van der Waals surface area contributed by atoms with Gasteiger partial charge in [0.25, 0.3) is 0 Å². The summed E-state index contributed by atoms with van der Waals surface area (Å²) < 4.78 is 5.59. The Morgan fingerprint density at radius 2 is 2.11 bits per heavy atom. The van der Waals surface area contributed by atoms with E-state index in [1.165, 1.54) is 30.5 Å². The highest BCUT2D eigenvalue weighted by Crippen LogP contribution is 2.33. The molecule has 1 aliphatic carbocycles. The van der Waals surface area contributed by atoms with Crippen LogP contribution in [0.25, 0.3) is 0 Å². The number of hydrogen-bond donors (Lipinski definition) is 1. The van der Waals surface area contributed by atoms with Crippen LogP contribution in [0.4, 0.5) is 0 Å². The van der Waals surface area contributed by atoms with E-state index < -0.39 is 0 Å². The number of rotatable bonds is 2. The quantitative estimate of drug-likeness (QED) is 0.880. The lowest BCUT2D eigenvalue weighted by Gasteiger charge is -2.40. The Morgan fingerprint density at radius 3 is 3.00 bits per heavy atom. The monoisotopic (exact) mass is 260 g/mol. The van der Waals surface area contributed by atoms with Crippen LogP contribution in [0, 0.1) is 0 Å². The SMILES string of the molecule is CNC1c2ccccc2CCC1N1CCCOCC1. The van der Waals surface area contributed by atoms with Crippen LogP contribution in [0.1, 0.15) is 30.0 Å². The zero-order chi connectivity index (χ0) is 13.1.